The lowest BCUT2D eigenvalue weighted by atomic mass is 9.98. The van der Waals surface area contributed by atoms with Crippen molar-refractivity contribution in [3.05, 3.63) is 31.8 Å². The Morgan fingerprint density at radius 2 is 2.33 bits per heavy atom. The third-order valence-corrected chi connectivity index (χ3v) is 4.59. The van der Waals surface area contributed by atoms with Crippen molar-refractivity contribution in [1.29, 1.82) is 0 Å². The number of carbonyl (C=O) groups excluding carboxylic acids is 1. The highest BCUT2D eigenvalue weighted by Gasteiger charge is 2.25. The monoisotopic (exact) mass is 423 g/mol. The smallest absolute Gasteiger partial charge is 0.255 e. The number of hydrogen-bond acceptors (Lipinski definition) is 2. The van der Waals surface area contributed by atoms with E-state index in [1.54, 1.807) is 0 Å². The molecule has 1 aromatic rings. The predicted molar refractivity (Wildman–Crippen MR) is 82.6 cm³/mol. The van der Waals surface area contributed by atoms with E-state index in [2.05, 4.69) is 38.5 Å². The summed E-state index contributed by atoms with van der Waals surface area (Å²) in [5, 5.41) is 9.21. The number of aliphatic hydroxyl groups excluding tert-OH is 1. The molecule has 2 rings (SSSR count). The van der Waals surface area contributed by atoms with Crippen molar-refractivity contribution >= 4 is 44.4 Å². The van der Waals surface area contributed by atoms with Crippen LogP contribution in [0.15, 0.2) is 22.7 Å². The maximum atomic E-state index is 12.4. The molecular formula is C13H15BrINO2. The van der Waals surface area contributed by atoms with Crippen LogP contribution in [0.5, 0.6) is 0 Å². The van der Waals surface area contributed by atoms with Crippen molar-refractivity contribution < 1.29 is 9.90 Å². The molecule has 1 saturated heterocycles. The zero-order chi connectivity index (χ0) is 13.1. The van der Waals surface area contributed by atoms with Gasteiger partial charge in [0.05, 0.1) is 5.56 Å². The van der Waals surface area contributed by atoms with Crippen LogP contribution in [-0.2, 0) is 0 Å². The van der Waals surface area contributed by atoms with Gasteiger partial charge in [0.1, 0.15) is 0 Å². The van der Waals surface area contributed by atoms with E-state index in [0.29, 0.717) is 12.1 Å². The Kier molecular flexibility index (Phi) is 5.03. The van der Waals surface area contributed by atoms with Gasteiger partial charge in [-0.1, -0.05) is 0 Å². The third kappa shape index (κ3) is 3.24. The molecule has 0 spiro atoms. The SMILES string of the molecule is O=C(c1cc(I)ccc1Br)N1CCCC(CO)C1. The number of nitrogens with zero attached hydrogens (tertiary/aromatic N) is 1. The average molecular weight is 424 g/mol. The van der Waals surface area contributed by atoms with Gasteiger partial charge in [0, 0.05) is 27.7 Å². The number of benzene rings is 1. The Balaban J connectivity index is 2.17. The van der Waals surface area contributed by atoms with Crippen molar-refractivity contribution in [1.82, 2.24) is 4.90 Å². The Bertz CT molecular complexity index is 453. The van der Waals surface area contributed by atoms with E-state index in [9.17, 15) is 9.90 Å². The van der Waals surface area contributed by atoms with Gasteiger partial charge in [-0.25, -0.2) is 0 Å². The second kappa shape index (κ2) is 6.34. The van der Waals surface area contributed by atoms with Gasteiger partial charge >= 0.3 is 0 Å². The zero-order valence-electron chi connectivity index (χ0n) is 9.90. The molecule has 3 nitrogen and oxygen atoms in total. The maximum absolute atomic E-state index is 12.4. The number of amides is 1. The standard InChI is InChI=1S/C13H15BrINO2/c14-12-4-3-10(15)6-11(12)13(18)16-5-1-2-9(7-16)8-17/h3-4,6,9,17H,1-2,5,7-8H2. The number of piperidine rings is 1. The summed E-state index contributed by atoms with van der Waals surface area (Å²) >= 11 is 5.64. The van der Waals surface area contributed by atoms with Gasteiger partial charge in [0.25, 0.3) is 5.91 Å². The molecule has 0 aliphatic carbocycles. The Morgan fingerprint density at radius 3 is 3.06 bits per heavy atom. The molecule has 1 fully saturated rings. The van der Waals surface area contributed by atoms with Crippen LogP contribution in [-0.4, -0.2) is 35.6 Å². The molecule has 1 N–H and O–H groups in total. The summed E-state index contributed by atoms with van der Waals surface area (Å²) in [7, 11) is 0. The molecule has 1 amide bonds. The first kappa shape index (κ1) is 14.3. The second-order valence-corrected chi connectivity index (χ2v) is 6.67. The number of hydrogen-bond donors (Lipinski definition) is 1. The predicted octanol–water partition coefficient (Wildman–Crippen LogP) is 2.90. The quantitative estimate of drug-likeness (QED) is 0.743. The van der Waals surface area contributed by atoms with Crippen molar-refractivity contribution in [2.45, 2.75) is 12.8 Å². The summed E-state index contributed by atoms with van der Waals surface area (Å²) in [5.74, 6) is 0.280. The van der Waals surface area contributed by atoms with Gasteiger partial charge in [0.2, 0.25) is 0 Å². The van der Waals surface area contributed by atoms with Crippen molar-refractivity contribution in [2.24, 2.45) is 5.92 Å². The largest absolute Gasteiger partial charge is 0.396 e. The number of aliphatic hydroxyl groups is 1. The van der Waals surface area contributed by atoms with E-state index in [0.717, 1.165) is 27.4 Å². The first-order valence-electron chi connectivity index (χ1n) is 5.97. The number of likely N-dealkylation sites (tertiary alicyclic amines) is 1. The molecule has 1 heterocycles. The van der Waals surface area contributed by atoms with E-state index in [-0.39, 0.29) is 18.4 Å². The van der Waals surface area contributed by atoms with E-state index >= 15 is 0 Å². The summed E-state index contributed by atoms with van der Waals surface area (Å²) in [6.07, 6.45) is 1.98. The first-order valence-corrected chi connectivity index (χ1v) is 7.84. The van der Waals surface area contributed by atoms with E-state index < -0.39 is 0 Å². The molecule has 0 bridgehead atoms. The van der Waals surface area contributed by atoms with E-state index in [1.807, 2.05) is 23.1 Å². The van der Waals surface area contributed by atoms with E-state index in [4.69, 9.17) is 0 Å². The minimum Gasteiger partial charge on any atom is -0.396 e. The molecule has 0 aromatic heterocycles. The lowest BCUT2D eigenvalue weighted by Crippen LogP contribution is -2.41. The minimum absolute atomic E-state index is 0.0542. The molecule has 0 saturated carbocycles. The molecule has 1 aromatic carbocycles. The molecule has 1 aliphatic rings. The zero-order valence-corrected chi connectivity index (χ0v) is 13.6. The van der Waals surface area contributed by atoms with Gasteiger partial charge in [0.15, 0.2) is 0 Å². The van der Waals surface area contributed by atoms with Gasteiger partial charge in [-0.15, -0.1) is 0 Å². The van der Waals surface area contributed by atoms with Crippen molar-refractivity contribution in [3.8, 4) is 0 Å². The third-order valence-electron chi connectivity index (χ3n) is 3.22. The molecule has 1 unspecified atom stereocenters. The molecule has 5 heteroatoms. The van der Waals surface area contributed by atoms with Crippen molar-refractivity contribution in [3.63, 3.8) is 0 Å². The fourth-order valence-corrected chi connectivity index (χ4v) is 3.14. The second-order valence-electron chi connectivity index (χ2n) is 4.57. The van der Waals surface area contributed by atoms with E-state index in [1.165, 1.54) is 0 Å². The van der Waals surface area contributed by atoms with Crippen molar-refractivity contribution in [2.75, 3.05) is 19.7 Å². The lowest BCUT2D eigenvalue weighted by molar-refractivity contribution is 0.0620. The van der Waals surface area contributed by atoms with Crippen LogP contribution in [0.3, 0.4) is 0 Å². The highest BCUT2D eigenvalue weighted by atomic mass is 127. The Labute approximate surface area is 129 Å². The lowest BCUT2D eigenvalue weighted by Gasteiger charge is -2.32. The van der Waals surface area contributed by atoms with Crippen LogP contribution in [0, 0.1) is 9.49 Å². The highest BCUT2D eigenvalue weighted by Crippen LogP contribution is 2.24. The summed E-state index contributed by atoms with van der Waals surface area (Å²) < 4.78 is 1.88. The number of carbonyl (C=O) groups is 1. The Morgan fingerprint density at radius 1 is 1.56 bits per heavy atom. The molecule has 0 radical (unpaired) electrons. The first-order chi connectivity index (χ1) is 8.61. The van der Waals surface area contributed by atoms with Gasteiger partial charge < -0.3 is 10.0 Å². The maximum Gasteiger partial charge on any atom is 0.255 e. The van der Waals surface area contributed by atoms with Crippen LogP contribution in [0.4, 0.5) is 0 Å². The highest BCUT2D eigenvalue weighted by molar-refractivity contribution is 14.1. The molecular weight excluding hydrogens is 409 g/mol. The Hall–Kier alpha value is -0.140. The molecule has 98 valence electrons. The average Bonchev–Trinajstić information content (AvgIpc) is 2.41. The van der Waals surface area contributed by atoms with Crippen LogP contribution in [0.2, 0.25) is 0 Å². The normalized spacial score (nSPS) is 19.9. The molecule has 18 heavy (non-hydrogen) atoms. The van der Waals surface area contributed by atoms with Crippen LogP contribution in [0.1, 0.15) is 23.2 Å². The fourth-order valence-electron chi connectivity index (χ4n) is 2.23. The molecule has 1 aliphatic heterocycles. The summed E-state index contributed by atoms with van der Waals surface area (Å²) in [6, 6.07) is 5.77. The van der Waals surface area contributed by atoms with Gasteiger partial charge in [-0.05, 0) is 75.5 Å². The summed E-state index contributed by atoms with van der Waals surface area (Å²) in [6.45, 7) is 1.61. The summed E-state index contributed by atoms with van der Waals surface area (Å²) in [5.41, 5.74) is 0.709. The topological polar surface area (TPSA) is 40.5 Å². The number of halogens is 2. The van der Waals surface area contributed by atoms with Crippen LogP contribution in [0.25, 0.3) is 0 Å². The number of rotatable bonds is 2. The van der Waals surface area contributed by atoms with Gasteiger partial charge in [-0.3, -0.25) is 4.79 Å². The van der Waals surface area contributed by atoms with Crippen LogP contribution < -0.4 is 0 Å². The molecule has 1 atom stereocenters. The minimum atomic E-state index is 0.0542. The van der Waals surface area contributed by atoms with Crippen LogP contribution >= 0.6 is 38.5 Å². The summed E-state index contributed by atoms with van der Waals surface area (Å²) in [4.78, 5) is 14.3. The fraction of sp³-hybridized carbons (Fsp3) is 0.462. The van der Waals surface area contributed by atoms with Gasteiger partial charge in [-0.2, -0.15) is 0 Å².